The fourth-order valence-electron chi connectivity index (χ4n) is 4.23. The molecule has 0 spiro atoms. The van der Waals surface area contributed by atoms with E-state index < -0.39 is 10.0 Å². The fraction of sp³-hybridized carbons (Fsp3) is 0.455. The number of nitrogens with zero attached hydrogens (tertiary/aromatic N) is 3. The minimum Gasteiger partial charge on any atom is -0.355 e. The van der Waals surface area contributed by atoms with Crippen molar-refractivity contribution in [2.24, 2.45) is 5.92 Å². The first-order chi connectivity index (χ1) is 14.9. The molecule has 7 nitrogen and oxygen atoms in total. The van der Waals surface area contributed by atoms with Crippen molar-refractivity contribution < 1.29 is 13.2 Å². The van der Waals surface area contributed by atoms with Gasteiger partial charge in [-0.15, -0.1) is 0 Å². The number of nitrogens with one attached hydrogen (secondary N) is 1. The van der Waals surface area contributed by atoms with Gasteiger partial charge in [-0.3, -0.25) is 4.79 Å². The van der Waals surface area contributed by atoms with Crippen molar-refractivity contribution in [3.8, 4) is 0 Å². The Labute approximate surface area is 188 Å². The third-order valence-electron chi connectivity index (χ3n) is 5.94. The molecule has 0 radical (unpaired) electrons. The number of amides is 1. The summed E-state index contributed by atoms with van der Waals surface area (Å²) in [5.74, 6) is 0.312. The highest BCUT2D eigenvalue weighted by molar-refractivity contribution is 7.89. The molecule has 2 aliphatic rings. The number of hydrogen-bond donors (Lipinski definition) is 1. The first kappa shape index (κ1) is 22.0. The summed E-state index contributed by atoms with van der Waals surface area (Å²) in [6, 6.07) is 10.4. The lowest BCUT2D eigenvalue weighted by molar-refractivity contribution is -0.120. The number of sulfonamides is 1. The van der Waals surface area contributed by atoms with E-state index in [0.29, 0.717) is 55.5 Å². The lowest BCUT2D eigenvalue weighted by Gasteiger charge is -2.34. The second kappa shape index (κ2) is 9.54. The Bertz CT molecular complexity index is 1030. The molecule has 0 aliphatic carbocycles. The van der Waals surface area contributed by atoms with E-state index in [1.165, 1.54) is 0 Å². The molecular formula is C22H27ClN4O3S. The summed E-state index contributed by atoms with van der Waals surface area (Å²) < 4.78 is 28.0. The maximum atomic E-state index is 13.2. The number of anilines is 2. The highest BCUT2D eigenvalue weighted by Crippen LogP contribution is 2.31. The first-order valence-electron chi connectivity index (χ1n) is 10.7. The van der Waals surface area contributed by atoms with Gasteiger partial charge >= 0.3 is 0 Å². The minimum absolute atomic E-state index is 0.0379. The molecule has 0 atom stereocenters. The molecule has 2 fully saturated rings. The first-order valence-corrected chi connectivity index (χ1v) is 12.5. The average molecular weight is 463 g/mol. The topological polar surface area (TPSA) is 82.6 Å². The van der Waals surface area contributed by atoms with Gasteiger partial charge in [0.25, 0.3) is 0 Å². The van der Waals surface area contributed by atoms with Crippen LogP contribution in [0.25, 0.3) is 0 Å². The van der Waals surface area contributed by atoms with Crippen LogP contribution in [0.15, 0.2) is 47.5 Å². The number of pyridine rings is 1. The van der Waals surface area contributed by atoms with E-state index in [1.807, 2.05) is 11.0 Å². The van der Waals surface area contributed by atoms with Crippen LogP contribution in [0.1, 0.15) is 32.1 Å². The van der Waals surface area contributed by atoms with Crippen molar-refractivity contribution in [3.63, 3.8) is 0 Å². The van der Waals surface area contributed by atoms with Crippen molar-refractivity contribution in [2.45, 2.75) is 37.0 Å². The molecule has 2 aliphatic heterocycles. The van der Waals surface area contributed by atoms with Gasteiger partial charge in [0, 0.05) is 49.0 Å². The van der Waals surface area contributed by atoms with Gasteiger partial charge in [0.2, 0.25) is 15.9 Å². The number of hydrogen-bond acceptors (Lipinski definition) is 5. The molecule has 9 heteroatoms. The summed E-state index contributed by atoms with van der Waals surface area (Å²) in [6.07, 6.45) is 5.74. The molecule has 1 aromatic heterocycles. The molecule has 166 valence electrons. The SMILES string of the molecule is O=C(Nc1cccc(Cl)c1)C1CCN(c2ncccc2S(=O)(=O)N2CCCCC2)CC1. The Morgan fingerprint density at radius 2 is 1.77 bits per heavy atom. The lowest BCUT2D eigenvalue weighted by atomic mass is 9.95. The normalized spacial score (nSPS) is 18.7. The molecule has 1 aromatic carbocycles. The van der Waals surface area contributed by atoms with Crippen LogP contribution in [0.3, 0.4) is 0 Å². The molecule has 1 N–H and O–H groups in total. The molecule has 31 heavy (non-hydrogen) atoms. The molecular weight excluding hydrogens is 436 g/mol. The maximum Gasteiger partial charge on any atom is 0.246 e. The highest BCUT2D eigenvalue weighted by Gasteiger charge is 2.32. The van der Waals surface area contributed by atoms with E-state index in [0.717, 1.165) is 19.3 Å². The largest absolute Gasteiger partial charge is 0.355 e. The van der Waals surface area contributed by atoms with Crippen LogP contribution in [-0.2, 0) is 14.8 Å². The zero-order valence-electron chi connectivity index (χ0n) is 17.3. The third-order valence-corrected chi connectivity index (χ3v) is 8.10. The highest BCUT2D eigenvalue weighted by atomic mass is 35.5. The smallest absolute Gasteiger partial charge is 0.246 e. The number of aromatic nitrogens is 1. The van der Waals surface area contributed by atoms with Gasteiger partial charge in [0.15, 0.2) is 0 Å². The summed E-state index contributed by atoms with van der Waals surface area (Å²) in [5.41, 5.74) is 0.680. The van der Waals surface area contributed by atoms with Crippen LogP contribution < -0.4 is 10.2 Å². The van der Waals surface area contributed by atoms with Crippen LogP contribution in [0, 0.1) is 5.92 Å². The van der Waals surface area contributed by atoms with E-state index >= 15 is 0 Å². The number of piperidine rings is 2. The van der Waals surface area contributed by atoms with E-state index in [1.54, 1.807) is 40.8 Å². The van der Waals surface area contributed by atoms with Gasteiger partial charge in [-0.05, 0) is 56.0 Å². The molecule has 2 saturated heterocycles. The van der Waals surface area contributed by atoms with Gasteiger partial charge in [-0.1, -0.05) is 24.1 Å². The summed E-state index contributed by atoms with van der Waals surface area (Å²) in [5, 5.41) is 3.50. The van der Waals surface area contributed by atoms with Gasteiger partial charge in [0.1, 0.15) is 10.7 Å². The van der Waals surface area contributed by atoms with Crippen molar-refractivity contribution in [1.82, 2.24) is 9.29 Å². The molecule has 3 heterocycles. The molecule has 0 unspecified atom stereocenters. The van der Waals surface area contributed by atoms with Crippen molar-refractivity contribution in [3.05, 3.63) is 47.6 Å². The predicted molar refractivity (Wildman–Crippen MR) is 122 cm³/mol. The Kier molecular flexibility index (Phi) is 6.79. The summed E-state index contributed by atoms with van der Waals surface area (Å²) in [7, 11) is -3.58. The predicted octanol–water partition coefficient (Wildman–Crippen LogP) is 3.76. The second-order valence-electron chi connectivity index (χ2n) is 8.05. The maximum absolute atomic E-state index is 13.2. The molecule has 2 aromatic rings. The molecule has 4 rings (SSSR count). The Morgan fingerprint density at radius 3 is 2.48 bits per heavy atom. The zero-order chi connectivity index (χ0) is 21.8. The van der Waals surface area contributed by atoms with E-state index in [9.17, 15) is 13.2 Å². The minimum atomic E-state index is -3.58. The van der Waals surface area contributed by atoms with Crippen LogP contribution in [0.2, 0.25) is 5.02 Å². The Morgan fingerprint density at radius 1 is 1.03 bits per heavy atom. The van der Waals surface area contributed by atoms with Gasteiger partial charge in [0.05, 0.1) is 0 Å². The van der Waals surface area contributed by atoms with Gasteiger partial charge in [-0.2, -0.15) is 4.31 Å². The quantitative estimate of drug-likeness (QED) is 0.731. The monoisotopic (exact) mass is 462 g/mol. The van der Waals surface area contributed by atoms with E-state index in [4.69, 9.17) is 11.6 Å². The van der Waals surface area contributed by atoms with Gasteiger partial charge < -0.3 is 10.2 Å². The Balaban J connectivity index is 1.44. The van der Waals surface area contributed by atoms with Crippen molar-refractivity contribution in [2.75, 3.05) is 36.4 Å². The third kappa shape index (κ3) is 5.02. The van der Waals surface area contributed by atoms with Crippen LogP contribution in [0.5, 0.6) is 0 Å². The van der Waals surface area contributed by atoms with Crippen LogP contribution >= 0.6 is 11.6 Å². The lowest BCUT2D eigenvalue weighted by Crippen LogP contribution is -2.40. The Hall–Kier alpha value is -2.16. The molecule has 1 amide bonds. The zero-order valence-corrected chi connectivity index (χ0v) is 18.9. The number of carbonyl (C=O) groups is 1. The number of rotatable bonds is 5. The van der Waals surface area contributed by atoms with Crippen molar-refractivity contribution >= 4 is 39.0 Å². The van der Waals surface area contributed by atoms with Crippen LogP contribution in [0.4, 0.5) is 11.5 Å². The standard InChI is InChI=1S/C22H27ClN4O3S/c23-18-6-4-7-19(16-18)25-22(28)17-9-14-26(15-10-17)21-20(8-5-11-24-21)31(29,30)27-12-2-1-3-13-27/h4-8,11,16-17H,1-3,9-10,12-15H2,(H,25,28). The molecule has 0 bridgehead atoms. The number of halogens is 1. The number of benzene rings is 1. The fourth-order valence-corrected chi connectivity index (χ4v) is 6.10. The summed E-state index contributed by atoms with van der Waals surface area (Å²) in [6.45, 7) is 2.27. The van der Waals surface area contributed by atoms with E-state index in [-0.39, 0.29) is 16.7 Å². The van der Waals surface area contributed by atoms with Gasteiger partial charge in [-0.25, -0.2) is 13.4 Å². The number of carbonyl (C=O) groups excluding carboxylic acids is 1. The summed E-state index contributed by atoms with van der Waals surface area (Å²) >= 11 is 5.99. The average Bonchev–Trinajstić information content (AvgIpc) is 2.80. The second-order valence-corrected chi connectivity index (χ2v) is 10.4. The van der Waals surface area contributed by atoms with Crippen molar-refractivity contribution in [1.29, 1.82) is 0 Å². The molecule has 0 saturated carbocycles. The van der Waals surface area contributed by atoms with Crippen LogP contribution in [-0.4, -0.2) is 49.8 Å². The summed E-state index contributed by atoms with van der Waals surface area (Å²) in [4.78, 5) is 19.3. The van der Waals surface area contributed by atoms with E-state index in [2.05, 4.69) is 10.3 Å².